The Morgan fingerprint density at radius 3 is 2.86 bits per heavy atom. The number of hydrogen-bond donors (Lipinski definition) is 2. The van der Waals surface area contributed by atoms with Gasteiger partial charge in [0.05, 0.1) is 0 Å². The van der Waals surface area contributed by atoms with E-state index in [0.717, 1.165) is 17.5 Å². The van der Waals surface area contributed by atoms with Gasteiger partial charge in [-0.25, -0.2) is 4.98 Å². The van der Waals surface area contributed by atoms with Crippen LogP contribution in [0.5, 0.6) is 0 Å². The third-order valence-corrected chi connectivity index (χ3v) is 3.08. The second-order valence-corrected chi connectivity index (χ2v) is 4.71. The van der Waals surface area contributed by atoms with Crippen molar-refractivity contribution in [3.8, 4) is 0 Å². The fourth-order valence-corrected chi connectivity index (χ4v) is 1.59. The van der Waals surface area contributed by atoms with Crippen LogP contribution in [0.3, 0.4) is 0 Å². The van der Waals surface area contributed by atoms with Crippen molar-refractivity contribution in [3.05, 3.63) is 6.33 Å². The van der Waals surface area contributed by atoms with Crippen LogP contribution in [0.4, 0.5) is 0 Å². The van der Waals surface area contributed by atoms with Crippen LogP contribution >= 0.6 is 11.8 Å². The van der Waals surface area contributed by atoms with E-state index in [1.807, 2.05) is 0 Å². The van der Waals surface area contributed by atoms with Crippen LogP contribution in [0.25, 0.3) is 0 Å². The summed E-state index contributed by atoms with van der Waals surface area (Å²) in [5.41, 5.74) is 0. The Morgan fingerprint density at radius 2 is 2.29 bits per heavy atom. The molecular formula is C9H18N4S. The summed E-state index contributed by atoms with van der Waals surface area (Å²) in [7, 11) is 0. The summed E-state index contributed by atoms with van der Waals surface area (Å²) < 4.78 is 0. The molecule has 0 saturated heterocycles. The molecule has 0 bridgehead atoms. The van der Waals surface area contributed by atoms with Crippen molar-refractivity contribution in [2.24, 2.45) is 5.92 Å². The van der Waals surface area contributed by atoms with Crippen molar-refractivity contribution in [1.29, 1.82) is 0 Å². The van der Waals surface area contributed by atoms with E-state index in [2.05, 4.69) is 41.3 Å². The lowest BCUT2D eigenvalue weighted by atomic mass is 10.1. The number of rotatable bonds is 6. The molecule has 1 rings (SSSR count). The first kappa shape index (κ1) is 11.5. The topological polar surface area (TPSA) is 53.6 Å². The summed E-state index contributed by atoms with van der Waals surface area (Å²) in [6.45, 7) is 7.66. The van der Waals surface area contributed by atoms with Crippen LogP contribution in [-0.4, -0.2) is 33.5 Å². The number of hydrogen-bond acceptors (Lipinski definition) is 4. The lowest BCUT2D eigenvalue weighted by molar-refractivity contribution is 0.438. The molecule has 1 unspecified atom stereocenters. The van der Waals surface area contributed by atoms with Crippen LogP contribution < -0.4 is 5.32 Å². The van der Waals surface area contributed by atoms with Gasteiger partial charge in [-0.05, 0) is 12.8 Å². The maximum atomic E-state index is 4.04. The zero-order valence-electron chi connectivity index (χ0n) is 8.95. The minimum absolute atomic E-state index is 0.574. The van der Waals surface area contributed by atoms with Crippen LogP contribution in [0.15, 0.2) is 11.5 Å². The average molecular weight is 214 g/mol. The molecule has 0 aliphatic carbocycles. The van der Waals surface area contributed by atoms with Crippen LogP contribution in [0.2, 0.25) is 0 Å². The Balaban J connectivity index is 2.05. The first-order chi connectivity index (χ1) is 6.70. The molecule has 0 spiro atoms. The fourth-order valence-electron chi connectivity index (χ4n) is 0.934. The molecule has 0 radical (unpaired) electrons. The van der Waals surface area contributed by atoms with E-state index < -0.39 is 0 Å². The van der Waals surface area contributed by atoms with Gasteiger partial charge in [-0.3, -0.25) is 5.10 Å². The van der Waals surface area contributed by atoms with Crippen LogP contribution in [-0.2, 0) is 0 Å². The van der Waals surface area contributed by atoms with E-state index >= 15 is 0 Å². The third-order valence-electron chi connectivity index (χ3n) is 2.20. The fraction of sp³-hybridized carbons (Fsp3) is 0.778. The molecule has 14 heavy (non-hydrogen) atoms. The van der Waals surface area contributed by atoms with E-state index in [0.29, 0.717) is 12.0 Å². The molecule has 0 aliphatic heterocycles. The van der Waals surface area contributed by atoms with Crippen molar-refractivity contribution < 1.29 is 0 Å². The largest absolute Gasteiger partial charge is 0.313 e. The lowest BCUT2D eigenvalue weighted by Crippen LogP contribution is -2.32. The SMILES string of the molecule is CC(C)C(C)NCCSc1ncn[nH]1. The second kappa shape index (κ2) is 6.03. The highest BCUT2D eigenvalue weighted by atomic mass is 32.2. The Kier molecular flexibility index (Phi) is 4.97. The highest BCUT2D eigenvalue weighted by molar-refractivity contribution is 7.99. The van der Waals surface area contributed by atoms with E-state index in [1.165, 1.54) is 6.33 Å². The van der Waals surface area contributed by atoms with Crippen molar-refractivity contribution in [2.75, 3.05) is 12.3 Å². The highest BCUT2D eigenvalue weighted by Gasteiger charge is 2.05. The summed E-state index contributed by atoms with van der Waals surface area (Å²) in [4.78, 5) is 4.04. The van der Waals surface area contributed by atoms with Gasteiger partial charge in [0.15, 0.2) is 5.16 Å². The predicted octanol–water partition coefficient (Wildman–Crippen LogP) is 1.53. The first-order valence-electron chi connectivity index (χ1n) is 4.91. The standard InChI is InChI=1S/C9H18N4S/c1-7(2)8(3)10-4-5-14-9-11-6-12-13-9/h6-8,10H,4-5H2,1-3H3,(H,11,12,13). The smallest absolute Gasteiger partial charge is 0.183 e. The van der Waals surface area contributed by atoms with Crippen molar-refractivity contribution in [3.63, 3.8) is 0 Å². The zero-order valence-corrected chi connectivity index (χ0v) is 9.77. The van der Waals surface area contributed by atoms with Crippen molar-refractivity contribution in [2.45, 2.75) is 32.0 Å². The normalized spacial score (nSPS) is 13.4. The second-order valence-electron chi connectivity index (χ2n) is 3.63. The number of H-pyrrole nitrogens is 1. The van der Waals surface area contributed by atoms with E-state index in [9.17, 15) is 0 Å². The van der Waals surface area contributed by atoms with E-state index in [4.69, 9.17) is 0 Å². The van der Waals surface area contributed by atoms with Crippen LogP contribution in [0.1, 0.15) is 20.8 Å². The summed E-state index contributed by atoms with van der Waals surface area (Å²) in [6.07, 6.45) is 1.53. The molecule has 1 atom stereocenters. The van der Waals surface area contributed by atoms with Gasteiger partial charge in [0.2, 0.25) is 0 Å². The van der Waals surface area contributed by atoms with Gasteiger partial charge in [-0.1, -0.05) is 25.6 Å². The van der Waals surface area contributed by atoms with Crippen LogP contribution in [0, 0.1) is 5.92 Å². The highest BCUT2D eigenvalue weighted by Crippen LogP contribution is 2.09. The Hall–Kier alpha value is -0.550. The molecule has 4 nitrogen and oxygen atoms in total. The molecule has 1 heterocycles. The molecule has 0 saturated carbocycles. The molecular weight excluding hydrogens is 196 g/mol. The summed E-state index contributed by atoms with van der Waals surface area (Å²) in [6, 6.07) is 0.574. The Bertz CT molecular complexity index is 235. The lowest BCUT2D eigenvalue weighted by Gasteiger charge is -2.16. The van der Waals surface area contributed by atoms with E-state index in [-0.39, 0.29) is 0 Å². The first-order valence-corrected chi connectivity index (χ1v) is 5.90. The number of aromatic amines is 1. The summed E-state index contributed by atoms with van der Waals surface area (Å²) in [5.74, 6) is 1.71. The molecule has 2 N–H and O–H groups in total. The molecule has 0 fully saturated rings. The van der Waals surface area contributed by atoms with Gasteiger partial charge in [-0.2, -0.15) is 5.10 Å². The van der Waals surface area contributed by atoms with Gasteiger partial charge in [0, 0.05) is 18.3 Å². The summed E-state index contributed by atoms with van der Waals surface area (Å²) >= 11 is 1.69. The Morgan fingerprint density at radius 1 is 1.50 bits per heavy atom. The summed E-state index contributed by atoms with van der Waals surface area (Å²) in [5, 5.41) is 11.0. The third kappa shape index (κ3) is 4.11. The number of thioether (sulfide) groups is 1. The maximum absolute atomic E-state index is 4.04. The van der Waals surface area contributed by atoms with Gasteiger partial charge >= 0.3 is 0 Å². The number of nitrogens with zero attached hydrogens (tertiary/aromatic N) is 2. The van der Waals surface area contributed by atoms with Crippen molar-refractivity contribution in [1.82, 2.24) is 20.5 Å². The quantitative estimate of drug-likeness (QED) is 0.557. The average Bonchev–Trinajstić information content (AvgIpc) is 2.64. The minimum Gasteiger partial charge on any atom is -0.313 e. The monoisotopic (exact) mass is 214 g/mol. The number of nitrogens with one attached hydrogen (secondary N) is 2. The van der Waals surface area contributed by atoms with E-state index in [1.54, 1.807) is 11.8 Å². The molecule has 0 amide bonds. The van der Waals surface area contributed by atoms with Gasteiger partial charge in [0.1, 0.15) is 6.33 Å². The van der Waals surface area contributed by atoms with Gasteiger partial charge in [0.25, 0.3) is 0 Å². The molecule has 80 valence electrons. The molecule has 1 aromatic rings. The molecule has 0 aliphatic rings. The van der Waals surface area contributed by atoms with Crippen molar-refractivity contribution >= 4 is 11.8 Å². The molecule has 0 aromatic carbocycles. The predicted molar refractivity (Wildman–Crippen MR) is 59.4 cm³/mol. The maximum Gasteiger partial charge on any atom is 0.183 e. The number of aromatic nitrogens is 3. The molecule has 1 aromatic heterocycles. The Labute approximate surface area is 89.3 Å². The van der Waals surface area contributed by atoms with Gasteiger partial charge in [-0.15, -0.1) is 0 Å². The zero-order chi connectivity index (χ0) is 10.4. The van der Waals surface area contributed by atoms with Gasteiger partial charge < -0.3 is 5.32 Å². The molecule has 5 heteroatoms. The minimum atomic E-state index is 0.574.